The van der Waals surface area contributed by atoms with E-state index in [1.807, 2.05) is 53.4 Å². The smallest absolute Gasteiger partial charge is 0.229 e. The molecular weight excluding hydrogens is 554 g/mol. The van der Waals surface area contributed by atoms with Crippen LogP contribution < -0.4 is 19.7 Å². The van der Waals surface area contributed by atoms with Gasteiger partial charge >= 0.3 is 0 Å². The van der Waals surface area contributed by atoms with E-state index in [2.05, 4.69) is 39.5 Å². The summed E-state index contributed by atoms with van der Waals surface area (Å²) in [6.07, 6.45) is 2.86. The van der Waals surface area contributed by atoms with Crippen LogP contribution in [0, 0.1) is 13.8 Å². The van der Waals surface area contributed by atoms with Crippen LogP contribution in [0.25, 0.3) is 5.69 Å². The first-order valence-electron chi connectivity index (χ1n) is 12.2. The molecule has 0 radical (unpaired) electrons. The largest absolute Gasteiger partial charge is 0.495 e. The van der Waals surface area contributed by atoms with Crippen LogP contribution in [0.3, 0.4) is 0 Å². The van der Waals surface area contributed by atoms with E-state index >= 15 is 0 Å². The number of thiocarbonyl (C=S) groups is 1. The molecule has 1 fully saturated rings. The molecule has 1 aliphatic heterocycles. The van der Waals surface area contributed by atoms with Crippen LogP contribution in [0.5, 0.6) is 5.75 Å². The molecule has 0 spiro atoms. The molecule has 202 valence electrons. The molecule has 2 aromatic heterocycles. The number of pyridine rings is 1. The highest BCUT2D eigenvalue weighted by atomic mass is 35.5. The monoisotopic (exact) mass is 581 g/mol. The van der Waals surface area contributed by atoms with Crippen molar-refractivity contribution in [2.24, 2.45) is 0 Å². The van der Waals surface area contributed by atoms with Crippen molar-refractivity contribution in [3.63, 3.8) is 0 Å². The van der Waals surface area contributed by atoms with E-state index in [0.717, 1.165) is 34.6 Å². The Morgan fingerprint density at radius 1 is 1.05 bits per heavy atom. The standard InChI is InChI=1S/C28H28ClN5O3S2/c1-17-14-22(18(2)33(17)20-9-7-8-19(29)15-20)27-26(23-10-5-6-13-30-23)31-28(38)34(27)21-11-12-25(37-3)24(16-21)32-39(4,35)36/h5-16,26-27,32H,1-4H3,(H,31,38). The number of hydrogen-bond acceptors (Lipinski definition) is 5. The molecule has 2 aromatic carbocycles. The van der Waals surface area contributed by atoms with Gasteiger partial charge in [0.1, 0.15) is 5.75 Å². The van der Waals surface area contributed by atoms with E-state index in [1.54, 1.807) is 18.3 Å². The SMILES string of the molecule is COc1ccc(N2C(=S)NC(c3ccccn3)C2c2cc(C)n(-c3cccc(Cl)c3)c2C)cc1NS(C)(=O)=O. The molecule has 1 aliphatic rings. The van der Waals surface area contributed by atoms with Gasteiger partial charge in [-0.2, -0.15) is 0 Å². The Hall–Kier alpha value is -3.60. The van der Waals surface area contributed by atoms with Gasteiger partial charge in [-0.15, -0.1) is 0 Å². The number of nitrogens with one attached hydrogen (secondary N) is 2. The van der Waals surface area contributed by atoms with Gasteiger partial charge < -0.3 is 19.5 Å². The molecule has 0 aliphatic carbocycles. The first kappa shape index (κ1) is 27.0. The summed E-state index contributed by atoms with van der Waals surface area (Å²) in [5.41, 5.74) is 5.94. The number of aryl methyl sites for hydroxylation is 1. The molecule has 2 N–H and O–H groups in total. The minimum Gasteiger partial charge on any atom is -0.495 e. The quantitative estimate of drug-likeness (QED) is 0.271. The lowest BCUT2D eigenvalue weighted by Gasteiger charge is -2.29. The number of benzene rings is 2. The molecule has 3 heterocycles. The van der Waals surface area contributed by atoms with E-state index in [9.17, 15) is 8.42 Å². The Bertz CT molecular complexity index is 1660. The van der Waals surface area contributed by atoms with E-state index in [4.69, 9.17) is 28.6 Å². The van der Waals surface area contributed by atoms with Crippen molar-refractivity contribution in [3.05, 3.63) is 101 Å². The van der Waals surface area contributed by atoms with Gasteiger partial charge in [-0.05, 0) is 86.2 Å². The molecule has 39 heavy (non-hydrogen) atoms. The third-order valence-corrected chi connectivity index (χ3v) is 7.85. The van der Waals surface area contributed by atoms with Gasteiger partial charge in [-0.1, -0.05) is 23.7 Å². The lowest BCUT2D eigenvalue weighted by Crippen LogP contribution is -2.29. The number of halogens is 1. The maximum atomic E-state index is 12.1. The van der Waals surface area contributed by atoms with E-state index in [-0.39, 0.29) is 12.1 Å². The third-order valence-electron chi connectivity index (χ3n) is 6.71. The summed E-state index contributed by atoms with van der Waals surface area (Å²) in [5, 5.41) is 4.62. The van der Waals surface area contributed by atoms with E-state index < -0.39 is 10.0 Å². The highest BCUT2D eigenvalue weighted by Crippen LogP contribution is 2.45. The van der Waals surface area contributed by atoms with Crippen LogP contribution in [0.15, 0.2) is 72.9 Å². The van der Waals surface area contributed by atoms with Crippen LogP contribution >= 0.6 is 23.8 Å². The molecule has 8 nitrogen and oxygen atoms in total. The van der Waals surface area contributed by atoms with Crippen molar-refractivity contribution in [2.45, 2.75) is 25.9 Å². The number of ether oxygens (including phenoxy) is 1. The second-order valence-corrected chi connectivity index (χ2v) is 12.0. The molecule has 5 rings (SSSR count). The zero-order valence-electron chi connectivity index (χ0n) is 21.8. The molecular formula is C28H28ClN5O3S2. The number of sulfonamides is 1. The molecule has 0 bridgehead atoms. The second-order valence-electron chi connectivity index (χ2n) is 9.40. The van der Waals surface area contributed by atoms with Crippen molar-refractivity contribution in [3.8, 4) is 11.4 Å². The molecule has 0 saturated carbocycles. The summed E-state index contributed by atoms with van der Waals surface area (Å²) in [6.45, 7) is 4.13. The van der Waals surface area contributed by atoms with E-state index in [1.165, 1.54) is 7.11 Å². The summed E-state index contributed by atoms with van der Waals surface area (Å²) in [4.78, 5) is 6.64. The summed E-state index contributed by atoms with van der Waals surface area (Å²) in [6, 6.07) is 20.5. The zero-order chi connectivity index (χ0) is 27.9. The number of methoxy groups -OCH3 is 1. The number of rotatable bonds is 7. The normalized spacial score (nSPS) is 17.3. The number of nitrogens with zero attached hydrogens (tertiary/aromatic N) is 3. The summed E-state index contributed by atoms with van der Waals surface area (Å²) in [7, 11) is -2.05. The molecule has 4 aromatic rings. The van der Waals surface area contributed by atoms with Crippen LogP contribution in [0.4, 0.5) is 11.4 Å². The van der Waals surface area contributed by atoms with Crippen molar-refractivity contribution >= 4 is 50.3 Å². The predicted molar refractivity (Wildman–Crippen MR) is 160 cm³/mol. The fourth-order valence-corrected chi connectivity index (χ4v) is 6.26. The van der Waals surface area contributed by atoms with Crippen LogP contribution in [0.1, 0.15) is 34.7 Å². The second kappa shape index (κ2) is 10.5. The minimum atomic E-state index is -3.55. The average Bonchev–Trinajstić information content (AvgIpc) is 3.38. The maximum Gasteiger partial charge on any atom is 0.229 e. The Labute approximate surface area is 238 Å². The molecule has 2 unspecified atom stereocenters. The third kappa shape index (κ3) is 5.32. The molecule has 11 heteroatoms. The zero-order valence-corrected chi connectivity index (χ0v) is 24.2. The van der Waals surface area contributed by atoms with Crippen molar-refractivity contribution < 1.29 is 13.2 Å². The summed E-state index contributed by atoms with van der Waals surface area (Å²) < 4.78 is 34.3. The Balaban J connectivity index is 1.69. The highest BCUT2D eigenvalue weighted by molar-refractivity contribution is 7.92. The Morgan fingerprint density at radius 2 is 1.85 bits per heavy atom. The lowest BCUT2D eigenvalue weighted by molar-refractivity contribution is 0.417. The van der Waals surface area contributed by atoms with Gasteiger partial charge in [0.2, 0.25) is 10.0 Å². The maximum absolute atomic E-state index is 12.1. The van der Waals surface area contributed by atoms with Gasteiger partial charge in [-0.25, -0.2) is 8.42 Å². The predicted octanol–water partition coefficient (Wildman–Crippen LogP) is 5.70. The van der Waals surface area contributed by atoms with Crippen LogP contribution in [-0.4, -0.2) is 36.4 Å². The first-order chi connectivity index (χ1) is 18.6. The van der Waals surface area contributed by atoms with Gasteiger partial charge in [0, 0.05) is 34.0 Å². The average molecular weight is 582 g/mol. The van der Waals surface area contributed by atoms with Crippen LogP contribution in [-0.2, 0) is 10.0 Å². The fourth-order valence-electron chi connectivity index (χ4n) is 5.17. The highest BCUT2D eigenvalue weighted by Gasteiger charge is 2.42. The van der Waals surface area contributed by atoms with Crippen molar-refractivity contribution in [1.82, 2.24) is 14.9 Å². The van der Waals surface area contributed by atoms with Gasteiger partial charge in [-0.3, -0.25) is 9.71 Å². The number of hydrogen-bond donors (Lipinski definition) is 2. The fraction of sp³-hybridized carbons (Fsp3) is 0.214. The molecule has 0 amide bonds. The summed E-state index contributed by atoms with van der Waals surface area (Å²) in [5.74, 6) is 0.402. The molecule has 2 atom stereocenters. The summed E-state index contributed by atoms with van der Waals surface area (Å²) >= 11 is 12.2. The minimum absolute atomic E-state index is 0.263. The number of anilines is 2. The van der Waals surface area contributed by atoms with Gasteiger partial charge in [0.15, 0.2) is 5.11 Å². The molecule has 1 saturated heterocycles. The van der Waals surface area contributed by atoms with Gasteiger partial charge in [0.05, 0.1) is 36.8 Å². The topological polar surface area (TPSA) is 88.5 Å². The van der Waals surface area contributed by atoms with Crippen molar-refractivity contribution in [1.29, 1.82) is 0 Å². The van der Waals surface area contributed by atoms with Gasteiger partial charge in [0.25, 0.3) is 0 Å². The number of aromatic nitrogens is 2. The van der Waals surface area contributed by atoms with Crippen LogP contribution in [0.2, 0.25) is 5.02 Å². The Kier molecular flexibility index (Phi) is 7.28. The van der Waals surface area contributed by atoms with Crippen molar-refractivity contribution in [2.75, 3.05) is 23.0 Å². The Morgan fingerprint density at radius 3 is 2.51 bits per heavy atom. The first-order valence-corrected chi connectivity index (χ1v) is 14.9. The van der Waals surface area contributed by atoms with E-state index in [0.29, 0.717) is 27.3 Å². The lowest BCUT2D eigenvalue weighted by atomic mass is 9.96.